The Morgan fingerprint density at radius 1 is 0.935 bits per heavy atom. The van der Waals surface area contributed by atoms with E-state index < -0.39 is 25.6 Å². The Balaban J connectivity index is 1.77. The lowest BCUT2D eigenvalue weighted by atomic mass is 10.1. The van der Waals surface area contributed by atoms with Crippen molar-refractivity contribution >= 4 is 32.3 Å². The van der Waals surface area contributed by atoms with E-state index in [2.05, 4.69) is 4.98 Å². The first-order chi connectivity index (χ1) is 14.8. The van der Waals surface area contributed by atoms with Gasteiger partial charge in [-0.3, -0.25) is 25.2 Å². The van der Waals surface area contributed by atoms with Crippen LogP contribution in [0.1, 0.15) is 12.8 Å². The zero-order valence-corrected chi connectivity index (χ0v) is 16.8. The molecule has 11 nitrogen and oxygen atoms in total. The number of nitro benzene ring substituents is 2. The number of aromatic nitrogens is 1. The van der Waals surface area contributed by atoms with Crippen LogP contribution in [0.15, 0.2) is 53.6 Å². The SMILES string of the molecule is O=[N+]([O-])c1cc(S(=O)(=O)N2CCCC2)ccc1Oc1ccc([N+](=O)[O-])c2cccnc12. The first-order valence-corrected chi connectivity index (χ1v) is 10.7. The lowest BCUT2D eigenvalue weighted by Gasteiger charge is -2.16. The number of fused-ring (bicyclic) bond motifs is 1. The molecule has 0 spiro atoms. The molecular formula is C19H16N4O7S. The topological polar surface area (TPSA) is 146 Å². The third-order valence-corrected chi connectivity index (χ3v) is 6.85. The second kappa shape index (κ2) is 7.89. The minimum absolute atomic E-state index is 0.0689. The minimum Gasteiger partial charge on any atom is -0.448 e. The Bertz CT molecular complexity index is 1300. The molecule has 0 N–H and O–H groups in total. The molecule has 31 heavy (non-hydrogen) atoms. The fraction of sp³-hybridized carbons (Fsp3) is 0.211. The fourth-order valence-electron chi connectivity index (χ4n) is 3.46. The molecule has 4 rings (SSSR count). The first-order valence-electron chi connectivity index (χ1n) is 9.27. The summed E-state index contributed by atoms with van der Waals surface area (Å²) in [5.41, 5.74) is -0.570. The van der Waals surface area contributed by atoms with Crippen LogP contribution in [0.5, 0.6) is 11.5 Å². The quantitative estimate of drug-likeness (QED) is 0.414. The predicted molar refractivity (Wildman–Crippen MR) is 110 cm³/mol. The van der Waals surface area contributed by atoms with Crippen LogP contribution >= 0.6 is 0 Å². The lowest BCUT2D eigenvalue weighted by molar-refractivity contribution is -0.385. The van der Waals surface area contributed by atoms with Gasteiger partial charge in [0.2, 0.25) is 15.8 Å². The van der Waals surface area contributed by atoms with Gasteiger partial charge in [0.25, 0.3) is 5.69 Å². The van der Waals surface area contributed by atoms with Gasteiger partial charge in [-0.05, 0) is 43.2 Å². The van der Waals surface area contributed by atoms with E-state index in [0.717, 1.165) is 18.9 Å². The number of rotatable bonds is 6. The largest absolute Gasteiger partial charge is 0.448 e. The van der Waals surface area contributed by atoms with E-state index in [1.165, 1.54) is 46.9 Å². The number of non-ortho nitro benzene ring substituents is 1. The summed E-state index contributed by atoms with van der Waals surface area (Å²) < 4.78 is 32.5. The van der Waals surface area contributed by atoms with Crippen LogP contribution in [0, 0.1) is 20.2 Å². The monoisotopic (exact) mass is 444 g/mol. The molecule has 1 aliphatic heterocycles. The lowest BCUT2D eigenvalue weighted by Crippen LogP contribution is -2.27. The van der Waals surface area contributed by atoms with Crippen molar-refractivity contribution in [1.29, 1.82) is 0 Å². The molecule has 160 valence electrons. The third kappa shape index (κ3) is 3.78. The standard InChI is InChI=1S/C19H16N4O7S/c24-22(25)15-6-8-18(19-14(15)4-3-9-20-19)30-17-7-5-13(12-16(17)23(26)27)31(28,29)21-10-1-2-11-21/h3-9,12H,1-2,10-11H2. The summed E-state index contributed by atoms with van der Waals surface area (Å²) in [7, 11) is -3.85. The molecule has 0 aliphatic carbocycles. The number of nitro groups is 2. The number of nitrogens with zero attached hydrogens (tertiary/aromatic N) is 4. The number of ether oxygens (including phenoxy) is 1. The van der Waals surface area contributed by atoms with Crippen molar-refractivity contribution in [3.63, 3.8) is 0 Å². The number of hydrogen-bond acceptors (Lipinski definition) is 8. The van der Waals surface area contributed by atoms with Gasteiger partial charge in [0, 0.05) is 31.4 Å². The Kier molecular flexibility index (Phi) is 5.25. The number of benzene rings is 2. The molecule has 1 aromatic heterocycles. The van der Waals surface area contributed by atoms with Crippen LogP contribution in [-0.2, 0) is 10.0 Å². The second-order valence-electron chi connectivity index (χ2n) is 6.84. The van der Waals surface area contributed by atoms with E-state index in [0.29, 0.717) is 13.1 Å². The molecule has 1 aliphatic rings. The van der Waals surface area contributed by atoms with Gasteiger partial charge in [0.05, 0.1) is 20.1 Å². The molecule has 0 saturated carbocycles. The van der Waals surface area contributed by atoms with Gasteiger partial charge in [-0.2, -0.15) is 4.31 Å². The van der Waals surface area contributed by atoms with E-state index in [4.69, 9.17) is 4.74 Å². The van der Waals surface area contributed by atoms with E-state index in [9.17, 15) is 28.6 Å². The van der Waals surface area contributed by atoms with E-state index >= 15 is 0 Å². The Hall–Kier alpha value is -3.64. The molecule has 0 atom stereocenters. The molecule has 12 heteroatoms. The van der Waals surface area contributed by atoms with Crippen molar-refractivity contribution in [3.05, 3.63) is 68.9 Å². The van der Waals surface area contributed by atoms with Crippen molar-refractivity contribution in [1.82, 2.24) is 9.29 Å². The third-order valence-electron chi connectivity index (χ3n) is 4.96. The molecule has 2 aromatic carbocycles. The highest BCUT2D eigenvalue weighted by atomic mass is 32.2. The zero-order valence-electron chi connectivity index (χ0n) is 16.0. The van der Waals surface area contributed by atoms with Gasteiger partial charge in [-0.15, -0.1) is 0 Å². The van der Waals surface area contributed by atoms with Crippen molar-refractivity contribution in [3.8, 4) is 11.5 Å². The highest BCUT2D eigenvalue weighted by Gasteiger charge is 2.30. The molecular weight excluding hydrogens is 428 g/mol. The summed E-state index contributed by atoms with van der Waals surface area (Å²) >= 11 is 0. The summed E-state index contributed by atoms with van der Waals surface area (Å²) in [6.07, 6.45) is 2.89. The van der Waals surface area contributed by atoms with Crippen molar-refractivity contribution in [2.24, 2.45) is 0 Å². The van der Waals surface area contributed by atoms with Crippen LogP contribution in [0.4, 0.5) is 11.4 Å². The average Bonchev–Trinajstić information content (AvgIpc) is 3.29. The molecule has 1 saturated heterocycles. The summed E-state index contributed by atoms with van der Waals surface area (Å²) in [5.74, 6) is -0.134. The van der Waals surface area contributed by atoms with E-state index in [-0.39, 0.29) is 33.0 Å². The maximum atomic E-state index is 12.7. The van der Waals surface area contributed by atoms with Gasteiger partial charge in [-0.25, -0.2) is 8.42 Å². The van der Waals surface area contributed by atoms with Gasteiger partial charge in [0.15, 0.2) is 5.75 Å². The Labute approximate surface area is 176 Å². The molecule has 0 unspecified atom stereocenters. The van der Waals surface area contributed by atoms with Gasteiger partial charge >= 0.3 is 5.69 Å². The van der Waals surface area contributed by atoms with Crippen LogP contribution in [0.3, 0.4) is 0 Å². The van der Waals surface area contributed by atoms with E-state index in [1.54, 1.807) is 0 Å². The van der Waals surface area contributed by atoms with Crippen LogP contribution in [-0.4, -0.2) is 40.6 Å². The zero-order chi connectivity index (χ0) is 22.2. The van der Waals surface area contributed by atoms with Crippen LogP contribution in [0.2, 0.25) is 0 Å². The highest BCUT2D eigenvalue weighted by molar-refractivity contribution is 7.89. The molecule has 0 amide bonds. The smallest absolute Gasteiger partial charge is 0.312 e. The summed E-state index contributed by atoms with van der Waals surface area (Å²) in [6, 6.07) is 8.95. The molecule has 3 aromatic rings. The Morgan fingerprint density at radius 3 is 2.29 bits per heavy atom. The molecule has 0 radical (unpaired) electrons. The minimum atomic E-state index is -3.85. The number of pyridine rings is 1. The summed E-state index contributed by atoms with van der Waals surface area (Å²) in [6.45, 7) is 0.740. The van der Waals surface area contributed by atoms with Gasteiger partial charge in [-0.1, -0.05) is 0 Å². The average molecular weight is 444 g/mol. The second-order valence-corrected chi connectivity index (χ2v) is 8.78. The van der Waals surface area contributed by atoms with Gasteiger partial charge in [0.1, 0.15) is 5.52 Å². The van der Waals surface area contributed by atoms with E-state index in [1.807, 2.05) is 0 Å². The first kappa shape index (κ1) is 20.6. The number of hydrogen-bond donors (Lipinski definition) is 0. The number of sulfonamides is 1. The Morgan fingerprint density at radius 2 is 1.61 bits per heavy atom. The summed E-state index contributed by atoms with van der Waals surface area (Å²) in [5, 5.41) is 23.1. The predicted octanol–water partition coefficient (Wildman–Crippen LogP) is 3.63. The molecule has 1 fully saturated rings. The van der Waals surface area contributed by atoms with Crippen molar-refractivity contribution in [2.75, 3.05) is 13.1 Å². The van der Waals surface area contributed by atoms with Crippen LogP contribution in [0.25, 0.3) is 10.9 Å². The highest BCUT2D eigenvalue weighted by Crippen LogP contribution is 2.38. The fourth-order valence-corrected chi connectivity index (χ4v) is 4.99. The van der Waals surface area contributed by atoms with Crippen LogP contribution < -0.4 is 4.74 Å². The van der Waals surface area contributed by atoms with Crippen molar-refractivity contribution < 1.29 is 23.0 Å². The molecule has 0 bridgehead atoms. The van der Waals surface area contributed by atoms with Crippen molar-refractivity contribution in [2.45, 2.75) is 17.7 Å². The normalized spacial score (nSPS) is 14.6. The maximum absolute atomic E-state index is 12.7. The van der Waals surface area contributed by atoms with Gasteiger partial charge < -0.3 is 4.74 Å². The summed E-state index contributed by atoms with van der Waals surface area (Å²) in [4.78, 5) is 25.5. The maximum Gasteiger partial charge on any atom is 0.312 e. The molecule has 2 heterocycles.